The molecule has 0 aliphatic rings. The number of alkyl halides is 2. The number of halogens is 3. The molecule has 6 heteroatoms. The zero-order chi connectivity index (χ0) is 13.0. The summed E-state index contributed by atoms with van der Waals surface area (Å²) in [7, 11) is 2.96. The van der Waals surface area contributed by atoms with E-state index in [1.54, 1.807) is 12.1 Å². The minimum atomic E-state index is -2.45. The van der Waals surface area contributed by atoms with Crippen molar-refractivity contribution >= 4 is 15.9 Å². The SMILES string of the molecule is COc1cc([C@H](N)CC(F)F)c(OC)cc1Br. The second kappa shape index (κ2) is 6.16. The summed E-state index contributed by atoms with van der Waals surface area (Å²) in [6.45, 7) is 0. The lowest BCUT2D eigenvalue weighted by Gasteiger charge is -2.17. The molecule has 2 N–H and O–H groups in total. The second-order valence-electron chi connectivity index (χ2n) is 3.46. The molecule has 1 atom stereocenters. The number of ether oxygens (including phenoxy) is 2. The first kappa shape index (κ1) is 14.2. The van der Waals surface area contributed by atoms with Crippen LogP contribution in [-0.2, 0) is 0 Å². The summed E-state index contributed by atoms with van der Waals surface area (Å²) in [5.74, 6) is 0.997. The van der Waals surface area contributed by atoms with Crippen LogP contribution in [0, 0.1) is 0 Å². The van der Waals surface area contributed by atoms with Crippen molar-refractivity contribution in [3.63, 3.8) is 0 Å². The average Bonchev–Trinajstić information content (AvgIpc) is 2.27. The van der Waals surface area contributed by atoms with Gasteiger partial charge in [-0.25, -0.2) is 8.78 Å². The molecule has 0 aliphatic carbocycles. The highest BCUT2D eigenvalue weighted by Gasteiger charge is 2.19. The van der Waals surface area contributed by atoms with Crippen LogP contribution in [0.2, 0.25) is 0 Å². The molecule has 1 aromatic rings. The molecule has 0 saturated carbocycles. The summed E-state index contributed by atoms with van der Waals surface area (Å²) in [4.78, 5) is 0. The zero-order valence-electron chi connectivity index (χ0n) is 9.54. The Balaban J connectivity index is 3.11. The third-order valence-corrected chi connectivity index (χ3v) is 2.96. The smallest absolute Gasteiger partial charge is 0.240 e. The summed E-state index contributed by atoms with van der Waals surface area (Å²) >= 11 is 3.29. The van der Waals surface area contributed by atoms with Gasteiger partial charge in [0, 0.05) is 18.0 Å². The largest absolute Gasteiger partial charge is 0.496 e. The number of methoxy groups -OCH3 is 2. The number of nitrogens with two attached hydrogens (primary N) is 1. The summed E-state index contributed by atoms with van der Waals surface area (Å²) in [5.41, 5.74) is 6.22. The molecule has 0 aromatic heterocycles. The van der Waals surface area contributed by atoms with Crippen LogP contribution in [0.4, 0.5) is 8.78 Å². The van der Waals surface area contributed by atoms with E-state index in [1.165, 1.54) is 14.2 Å². The molecule has 17 heavy (non-hydrogen) atoms. The molecular weight excluding hydrogens is 296 g/mol. The van der Waals surface area contributed by atoms with Gasteiger partial charge in [-0.2, -0.15) is 0 Å². The fourth-order valence-electron chi connectivity index (χ4n) is 1.49. The molecule has 0 heterocycles. The Morgan fingerprint density at radius 2 is 1.82 bits per heavy atom. The van der Waals surface area contributed by atoms with Gasteiger partial charge in [-0.1, -0.05) is 0 Å². The van der Waals surface area contributed by atoms with E-state index >= 15 is 0 Å². The molecule has 0 saturated heterocycles. The van der Waals surface area contributed by atoms with Gasteiger partial charge in [-0.3, -0.25) is 0 Å². The van der Waals surface area contributed by atoms with Crippen molar-refractivity contribution < 1.29 is 18.3 Å². The van der Waals surface area contributed by atoms with Crippen molar-refractivity contribution in [3.05, 3.63) is 22.2 Å². The molecule has 96 valence electrons. The summed E-state index contributed by atoms with van der Waals surface area (Å²) in [6, 6.07) is 2.47. The van der Waals surface area contributed by atoms with Crippen LogP contribution in [-0.4, -0.2) is 20.6 Å². The van der Waals surface area contributed by atoms with Gasteiger partial charge in [0.1, 0.15) is 11.5 Å². The Bertz CT molecular complexity index is 388. The third-order valence-electron chi connectivity index (χ3n) is 2.34. The average molecular weight is 310 g/mol. The summed E-state index contributed by atoms with van der Waals surface area (Å²) in [5, 5.41) is 0. The number of hydrogen-bond donors (Lipinski definition) is 1. The van der Waals surface area contributed by atoms with Gasteiger partial charge in [0.2, 0.25) is 6.43 Å². The van der Waals surface area contributed by atoms with E-state index in [9.17, 15) is 8.78 Å². The maximum absolute atomic E-state index is 12.3. The van der Waals surface area contributed by atoms with Gasteiger partial charge < -0.3 is 15.2 Å². The molecule has 1 rings (SSSR count). The van der Waals surface area contributed by atoms with Crippen LogP contribution < -0.4 is 15.2 Å². The van der Waals surface area contributed by atoms with Crippen molar-refractivity contribution in [2.45, 2.75) is 18.9 Å². The zero-order valence-corrected chi connectivity index (χ0v) is 11.1. The van der Waals surface area contributed by atoms with E-state index in [-0.39, 0.29) is 0 Å². The van der Waals surface area contributed by atoms with E-state index in [0.29, 0.717) is 21.5 Å². The highest BCUT2D eigenvalue weighted by Crippen LogP contribution is 2.36. The monoisotopic (exact) mass is 309 g/mol. The molecule has 1 aromatic carbocycles. The lowest BCUT2D eigenvalue weighted by Crippen LogP contribution is -2.15. The first-order valence-electron chi connectivity index (χ1n) is 4.94. The van der Waals surface area contributed by atoms with Crippen LogP contribution in [0.5, 0.6) is 11.5 Å². The van der Waals surface area contributed by atoms with E-state index in [0.717, 1.165) is 0 Å². The molecule has 0 spiro atoms. The van der Waals surface area contributed by atoms with Gasteiger partial charge in [0.05, 0.1) is 18.7 Å². The van der Waals surface area contributed by atoms with E-state index < -0.39 is 18.9 Å². The number of hydrogen-bond acceptors (Lipinski definition) is 3. The molecule has 0 bridgehead atoms. The molecule has 0 fully saturated rings. The van der Waals surface area contributed by atoms with Gasteiger partial charge in [0.25, 0.3) is 0 Å². The molecule has 3 nitrogen and oxygen atoms in total. The third kappa shape index (κ3) is 3.54. The van der Waals surface area contributed by atoms with Gasteiger partial charge in [-0.05, 0) is 28.1 Å². The Morgan fingerprint density at radius 1 is 1.24 bits per heavy atom. The minimum Gasteiger partial charge on any atom is -0.496 e. The van der Waals surface area contributed by atoms with Gasteiger partial charge in [-0.15, -0.1) is 0 Å². The number of rotatable bonds is 5. The predicted molar refractivity (Wildman–Crippen MR) is 64.8 cm³/mol. The normalized spacial score (nSPS) is 12.6. The van der Waals surface area contributed by atoms with Crippen LogP contribution in [0.25, 0.3) is 0 Å². The predicted octanol–water partition coefficient (Wildman–Crippen LogP) is 3.12. The summed E-state index contributed by atoms with van der Waals surface area (Å²) < 4.78 is 35.5. The van der Waals surface area contributed by atoms with Crippen LogP contribution in [0.1, 0.15) is 18.0 Å². The molecule has 0 aliphatic heterocycles. The van der Waals surface area contributed by atoms with Crippen LogP contribution in [0.15, 0.2) is 16.6 Å². The Hall–Kier alpha value is -0.880. The van der Waals surface area contributed by atoms with Crippen LogP contribution >= 0.6 is 15.9 Å². The fourth-order valence-corrected chi connectivity index (χ4v) is 1.98. The second-order valence-corrected chi connectivity index (χ2v) is 4.32. The first-order chi connectivity index (χ1) is 7.99. The lowest BCUT2D eigenvalue weighted by atomic mass is 10.0. The van der Waals surface area contributed by atoms with E-state index in [2.05, 4.69) is 15.9 Å². The molecule has 0 unspecified atom stereocenters. The quantitative estimate of drug-likeness (QED) is 0.909. The fraction of sp³-hybridized carbons (Fsp3) is 0.455. The summed E-state index contributed by atoms with van der Waals surface area (Å²) in [6.07, 6.45) is -2.87. The Morgan fingerprint density at radius 3 is 2.29 bits per heavy atom. The van der Waals surface area contributed by atoms with Crippen molar-refractivity contribution in [1.82, 2.24) is 0 Å². The van der Waals surface area contributed by atoms with Gasteiger partial charge in [0.15, 0.2) is 0 Å². The van der Waals surface area contributed by atoms with Crippen molar-refractivity contribution in [2.75, 3.05) is 14.2 Å². The Kier molecular flexibility index (Phi) is 5.14. The maximum atomic E-state index is 12.3. The highest BCUT2D eigenvalue weighted by atomic mass is 79.9. The van der Waals surface area contributed by atoms with Crippen molar-refractivity contribution in [3.8, 4) is 11.5 Å². The lowest BCUT2D eigenvalue weighted by molar-refractivity contribution is 0.128. The van der Waals surface area contributed by atoms with Gasteiger partial charge >= 0.3 is 0 Å². The molecule has 0 amide bonds. The van der Waals surface area contributed by atoms with Crippen molar-refractivity contribution in [2.24, 2.45) is 5.73 Å². The number of benzene rings is 1. The molecular formula is C11H14BrF2NO2. The first-order valence-corrected chi connectivity index (χ1v) is 5.74. The maximum Gasteiger partial charge on any atom is 0.240 e. The Labute approximate surface area is 107 Å². The van der Waals surface area contributed by atoms with Crippen LogP contribution in [0.3, 0.4) is 0 Å². The van der Waals surface area contributed by atoms with Crippen molar-refractivity contribution in [1.29, 1.82) is 0 Å². The van der Waals surface area contributed by atoms with E-state index in [1.807, 2.05) is 0 Å². The standard InChI is InChI=1S/C11H14BrF2NO2/c1-16-9-4-7(12)10(17-2)3-6(9)8(15)5-11(13)14/h3-4,8,11H,5,15H2,1-2H3/t8-/m1/s1. The topological polar surface area (TPSA) is 44.5 Å². The minimum absolute atomic E-state index is 0.416. The highest BCUT2D eigenvalue weighted by molar-refractivity contribution is 9.10. The van der Waals surface area contributed by atoms with E-state index in [4.69, 9.17) is 15.2 Å². The molecule has 0 radical (unpaired) electrons.